The second kappa shape index (κ2) is 8.05. The second-order valence-electron chi connectivity index (χ2n) is 8.87. The highest BCUT2D eigenvalue weighted by Gasteiger charge is 2.52. The topological polar surface area (TPSA) is 81.7 Å². The van der Waals surface area contributed by atoms with Gasteiger partial charge in [0.2, 0.25) is 0 Å². The number of urea groups is 1. The minimum Gasteiger partial charge on any atom is -0.359 e. The molecule has 3 aromatic rings. The van der Waals surface area contributed by atoms with Gasteiger partial charge in [0.1, 0.15) is 0 Å². The van der Waals surface area contributed by atoms with E-state index in [4.69, 9.17) is 0 Å². The molecule has 0 saturated carbocycles. The third kappa shape index (κ3) is 3.47. The molecule has 0 bridgehead atoms. The summed E-state index contributed by atoms with van der Waals surface area (Å²) in [6.45, 7) is 3.91. The molecule has 0 aromatic heterocycles. The molecule has 168 valence electrons. The Morgan fingerprint density at radius 2 is 1.82 bits per heavy atom. The molecule has 6 nitrogen and oxygen atoms in total. The van der Waals surface area contributed by atoms with Crippen molar-refractivity contribution in [3.8, 4) is 0 Å². The predicted molar refractivity (Wildman–Crippen MR) is 128 cm³/mol. The largest absolute Gasteiger partial charge is 0.359 e. The van der Waals surface area contributed by atoms with Crippen molar-refractivity contribution in [2.45, 2.75) is 44.9 Å². The molecule has 6 heteroatoms. The second-order valence-corrected chi connectivity index (χ2v) is 8.87. The molecule has 0 saturated heterocycles. The van der Waals surface area contributed by atoms with Gasteiger partial charge in [-0.1, -0.05) is 48.5 Å². The summed E-state index contributed by atoms with van der Waals surface area (Å²) < 4.78 is 0. The summed E-state index contributed by atoms with van der Waals surface area (Å²) >= 11 is 0. The molecule has 2 atom stereocenters. The van der Waals surface area contributed by atoms with E-state index in [9.17, 15) is 14.7 Å². The number of carbonyl (C=O) groups excluding carboxylic acids is 2. The highest BCUT2D eigenvalue weighted by molar-refractivity contribution is 6.12. The molecule has 1 aliphatic heterocycles. The number of amides is 3. The average Bonchev–Trinajstić information content (AvgIpc) is 2.81. The Balaban J connectivity index is 1.60. The quantitative estimate of drug-likeness (QED) is 0.551. The van der Waals surface area contributed by atoms with Gasteiger partial charge in [0.05, 0.1) is 11.7 Å². The third-order valence-electron chi connectivity index (χ3n) is 6.81. The summed E-state index contributed by atoms with van der Waals surface area (Å²) in [4.78, 5) is 28.3. The first kappa shape index (κ1) is 21.2. The van der Waals surface area contributed by atoms with Crippen LogP contribution in [0.15, 0.2) is 66.7 Å². The molecule has 3 aromatic carbocycles. The summed E-state index contributed by atoms with van der Waals surface area (Å²) in [7, 11) is 0. The Morgan fingerprint density at radius 1 is 1.06 bits per heavy atom. The molecule has 3 N–H and O–H groups in total. The van der Waals surface area contributed by atoms with Crippen molar-refractivity contribution in [1.82, 2.24) is 5.32 Å². The van der Waals surface area contributed by atoms with Crippen LogP contribution in [0, 0.1) is 13.8 Å². The van der Waals surface area contributed by atoms with Gasteiger partial charge in [-0.3, -0.25) is 9.69 Å². The van der Waals surface area contributed by atoms with Crippen molar-refractivity contribution in [3.05, 3.63) is 94.5 Å². The van der Waals surface area contributed by atoms with Crippen LogP contribution in [0.5, 0.6) is 0 Å². The zero-order valence-corrected chi connectivity index (χ0v) is 18.8. The summed E-state index contributed by atoms with van der Waals surface area (Å²) in [6.07, 6.45) is 2.68. The maximum atomic E-state index is 13.9. The standard InChI is InChI=1S/C27H27N3O3/c1-17-14-15-20(16-18(17)2)30-26(32)29-24-12-6-5-11-22(24)27(30,33)25(31)28-23-13-7-9-19-8-3-4-10-21(19)23/h3-6,8,10-12,14-16,23,33H,7,9,13H2,1-2H3,(H,28,31)(H,29,32)/t23-,27-/m1/s1. The minimum absolute atomic E-state index is 0.231. The molecule has 0 spiro atoms. The van der Waals surface area contributed by atoms with Crippen LogP contribution < -0.4 is 15.5 Å². The molecule has 5 rings (SSSR count). The van der Waals surface area contributed by atoms with Crippen LogP contribution in [0.3, 0.4) is 0 Å². The Morgan fingerprint density at radius 3 is 2.64 bits per heavy atom. The number of para-hydroxylation sites is 1. The number of nitrogens with zero attached hydrogens (tertiary/aromatic N) is 1. The molecular weight excluding hydrogens is 414 g/mol. The lowest BCUT2D eigenvalue weighted by atomic mass is 9.87. The predicted octanol–water partition coefficient (Wildman–Crippen LogP) is 4.69. The zero-order valence-electron chi connectivity index (χ0n) is 18.8. The Hall–Kier alpha value is -3.64. The molecule has 33 heavy (non-hydrogen) atoms. The molecule has 1 aliphatic carbocycles. The number of hydrogen-bond acceptors (Lipinski definition) is 3. The van der Waals surface area contributed by atoms with E-state index >= 15 is 0 Å². The van der Waals surface area contributed by atoms with Gasteiger partial charge in [0.15, 0.2) is 0 Å². The lowest BCUT2D eigenvalue weighted by Gasteiger charge is -2.43. The summed E-state index contributed by atoms with van der Waals surface area (Å²) in [5, 5.41) is 17.9. The van der Waals surface area contributed by atoms with Gasteiger partial charge in [0.25, 0.3) is 11.6 Å². The number of fused-ring (bicyclic) bond motifs is 2. The van der Waals surface area contributed by atoms with E-state index < -0.39 is 17.7 Å². The van der Waals surface area contributed by atoms with Gasteiger partial charge < -0.3 is 15.7 Å². The highest BCUT2D eigenvalue weighted by atomic mass is 16.3. The number of benzene rings is 3. The van der Waals surface area contributed by atoms with Gasteiger partial charge in [-0.2, -0.15) is 0 Å². The fraction of sp³-hybridized carbons (Fsp3) is 0.259. The first-order valence-electron chi connectivity index (χ1n) is 11.3. The first-order valence-corrected chi connectivity index (χ1v) is 11.3. The molecule has 0 unspecified atom stereocenters. The average molecular weight is 442 g/mol. The minimum atomic E-state index is -2.20. The number of aryl methyl sites for hydroxylation is 3. The van der Waals surface area contributed by atoms with Gasteiger partial charge >= 0.3 is 6.03 Å². The maximum Gasteiger partial charge on any atom is 0.329 e. The van der Waals surface area contributed by atoms with E-state index in [0.29, 0.717) is 16.9 Å². The lowest BCUT2D eigenvalue weighted by molar-refractivity contribution is -0.141. The number of nitrogens with one attached hydrogen (secondary N) is 2. The lowest BCUT2D eigenvalue weighted by Crippen LogP contribution is -2.63. The Bertz CT molecular complexity index is 1250. The van der Waals surface area contributed by atoms with Crippen LogP contribution >= 0.6 is 0 Å². The molecule has 3 amide bonds. The van der Waals surface area contributed by atoms with Gasteiger partial charge in [0, 0.05) is 11.3 Å². The van der Waals surface area contributed by atoms with Crippen LogP contribution in [0.2, 0.25) is 0 Å². The monoisotopic (exact) mass is 441 g/mol. The van der Waals surface area contributed by atoms with E-state index in [0.717, 1.165) is 40.9 Å². The van der Waals surface area contributed by atoms with Crippen molar-refractivity contribution in [3.63, 3.8) is 0 Å². The number of aliphatic hydroxyl groups is 1. The van der Waals surface area contributed by atoms with Crippen molar-refractivity contribution >= 4 is 23.3 Å². The van der Waals surface area contributed by atoms with Gasteiger partial charge in [-0.15, -0.1) is 0 Å². The van der Waals surface area contributed by atoms with E-state index in [1.54, 1.807) is 30.3 Å². The fourth-order valence-corrected chi connectivity index (χ4v) is 4.89. The van der Waals surface area contributed by atoms with Crippen LogP contribution in [-0.2, 0) is 16.9 Å². The fourth-order valence-electron chi connectivity index (χ4n) is 4.89. The Kier molecular flexibility index (Phi) is 5.17. The number of hydrogen-bond donors (Lipinski definition) is 3. The van der Waals surface area contributed by atoms with Gasteiger partial charge in [-0.25, -0.2) is 4.79 Å². The maximum absolute atomic E-state index is 13.9. The van der Waals surface area contributed by atoms with Crippen molar-refractivity contribution < 1.29 is 14.7 Å². The molecule has 1 heterocycles. The van der Waals surface area contributed by atoms with Gasteiger partial charge in [-0.05, 0) is 73.6 Å². The summed E-state index contributed by atoms with van der Waals surface area (Å²) in [6, 6.07) is 19.6. The van der Waals surface area contributed by atoms with Crippen molar-refractivity contribution in [2.24, 2.45) is 0 Å². The number of anilines is 2. The summed E-state index contributed by atoms with van der Waals surface area (Å²) in [5.41, 5.74) is 3.29. The van der Waals surface area contributed by atoms with Crippen molar-refractivity contribution in [2.75, 3.05) is 10.2 Å². The highest BCUT2D eigenvalue weighted by Crippen LogP contribution is 2.41. The zero-order chi connectivity index (χ0) is 23.2. The molecule has 2 aliphatic rings. The van der Waals surface area contributed by atoms with Crippen molar-refractivity contribution in [1.29, 1.82) is 0 Å². The van der Waals surface area contributed by atoms with Crippen LogP contribution in [0.4, 0.5) is 16.2 Å². The summed E-state index contributed by atoms with van der Waals surface area (Å²) in [5.74, 6) is -0.621. The van der Waals surface area contributed by atoms with E-state index in [1.165, 1.54) is 5.56 Å². The Labute approximate surface area is 193 Å². The van der Waals surface area contributed by atoms with Crippen LogP contribution in [0.1, 0.15) is 46.7 Å². The number of carbonyl (C=O) groups is 2. The van der Waals surface area contributed by atoms with E-state index in [2.05, 4.69) is 16.7 Å². The molecule has 0 radical (unpaired) electrons. The molecule has 0 fully saturated rings. The molecular formula is C27H27N3O3. The van der Waals surface area contributed by atoms with Crippen LogP contribution in [0.25, 0.3) is 0 Å². The normalized spacial score (nSPS) is 21.6. The van der Waals surface area contributed by atoms with Crippen LogP contribution in [-0.4, -0.2) is 17.0 Å². The smallest absolute Gasteiger partial charge is 0.329 e. The number of rotatable bonds is 3. The third-order valence-corrected chi connectivity index (χ3v) is 6.81. The SMILES string of the molecule is Cc1ccc(N2C(=O)Nc3ccccc3[C@@]2(O)C(=O)N[C@@H]2CCCc3ccccc32)cc1C. The van der Waals surface area contributed by atoms with E-state index in [1.807, 2.05) is 44.2 Å². The van der Waals surface area contributed by atoms with E-state index in [-0.39, 0.29) is 6.04 Å². The first-order chi connectivity index (χ1) is 15.9.